The first-order valence-corrected chi connectivity index (χ1v) is 7.05. The number of halogens is 1. The maximum absolute atomic E-state index is 6.08. The number of hydrogen-bond acceptors (Lipinski definition) is 4. The number of rotatable bonds is 4. The molecule has 0 saturated heterocycles. The molecule has 1 aromatic carbocycles. The molecule has 2 rings (SSSR count). The van der Waals surface area contributed by atoms with Gasteiger partial charge in [0.15, 0.2) is 6.79 Å². The minimum atomic E-state index is 0.208. The highest BCUT2D eigenvalue weighted by atomic mass is 35.5. The Morgan fingerprint density at radius 2 is 2.35 bits per heavy atom. The van der Waals surface area contributed by atoms with Gasteiger partial charge in [-0.15, -0.1) is 0 Å². The van der Waals surface area contributed by atoms with Crippen LogP contribution >= 0.6 is 23.4 Å². The fourth-order valence-corrected chi connectivity index (χ4v) is 2.91. The normalized spacial score (nSPS) is 16.2. The van der Waals surface area contributed by atoms with Crippen LogP contribution in [0.4, 0.5) is 0 Å². The van der Waals surface area contributed by atoms with Crippen molar-refractivity contribution in [2.45, 2.75) is 25.3 Å². The van der Waals surface area contributed by atoms with Crippen molar-refractivity contribution in [3.05, 3.63) is 28.3 Å². The maximum Gasteiger partial charge on any atom is 0.189 e. The summed E-state index contributed by atoms with van der Waals surface area (Å²) in [5, 5.41) is 0.731. The lowest BCUT2D eigenvalue weighted by atomic mass is 10.1. The van der Waals surface area contributed by atoms with E-state index in [4.69, 9.17) is 26.8 Å². The van der Waals surface area contributed by atoms with Crippen molar-refractivity contribution in [2.75, 3.05) is 12.5 Å². The van der Waals surface area contributed by atoms with E-state index in [0.29, 0.717) is 13.4 Å². The zero-order valence-corrected chi connectivity index (χ0v) is 11.3. The molecule has 0 bridgehead atoms. The molecule has 1 aliphatic rings. The van der Waals surface area contributed by atoms with Crippen molar-refractivity contribution in [3.63, 3.8) is 0 Å². The molecule has 0 spiro atoms. The molecule has 0 saturated carbocycles. The first-order chi connectivity index (χ1) is 8.16. The fraction of sp³-hybridized carbons (Fsp3) is 0.500. The Labute approximate surface area is 111 Å². The summed E-state index contributed by atoms with van der Waals surface area (Å²) in [5.74, 6) is 2.72. The number of benzene rings is 1. The van der Waals surface area contributed by atoms with Gasteiger partial charge in [-0.1, -0.05) is 11.6 Å². The molecule has 1 heterocycles. The second-order valence-electron chi connectivity index (χ2n) is 4.16. The van der Waals surface area contributed by atoms with Crippen molar-refractivity contribution in [2.24, 2.45) is 5.73 Å². The molecule has 2 N–H and O–H groups in total. The summed E-state index contributed by atoms with van der Waals surface area (Å²) >= 11 is 7.87. The maximum atomic E-state index is 6.08. The molecule has 94 valence electrons. The van der Waals surface area contributed by atoms with E-state index in [2.05, 4.69) is 0 Å². The lowest BCUT2D eigenvalue weighted by Crippen LogP contribution is -2.17. The van der Waals surface area contributed by atoms with Gasteiger partial charge in [0.2, 0.25) is 0 Å². The van der Waals surface area contributed by atoms with Gasteiger partial charge < -0.3 is 15.2 Å². The number of thioether (sulfide) groups is 1. The van der Waals surface area contributed by atoms with E-state index >= 15 is 0 Å². The molecule has 1 atom stereocenters. The highest BCUT2D eigenvalue weighted by Crippen LogP contribution is 2.33. The Hall–Kier alpha value is -0.420. The number of fused-ring (bicyclic) bond motifs is 1. The lowest BCUT2D eigenvalue weighted by Gasteiger charge is -2.21. The van der Waals surface area contributed by atoms with Gasteiger partial charge in [0.1, 0.15) is 5.75 Å². The monoisotopic (exact) mass is 273 g/mol. The zero-order valence-electron chi connectivity index (χ0n) is 9.74. The van der Waals surface area contributed by atoms with Gasteiger partial charge in [-0.3, -0.25) is 0 Å². The summed E-state index contributed by atoms with van der Waals surface area (Å²) in [7, 11) is 0. The summed E-state index contributed by atoms with van der Waals surface area (Å²) in [5.41, 5.74) is 7.88. The number of hydrogen-bond donors (Lipinski definition) is 1. The Morgan fingerprint density at radius 1 is 1.53 bits per heavy atom. The highest BCUT2D eigenvalue weighted by Gasteiger charge is 2.16. The first-order valence-electron chi connectivity index (χ1n) is 5.52. The van der Waals surface area contributed by atoms with E-state index in [-0.39, 0.29) is 6.04 Å². The van der Waals surface area contributed by atoms with Crippen LogP contribution in [0.5, 0.6) is 5.75 Å². The van der Waals surface area contributed by atoms with Crippen LogP contribution in [0, 0.1) is 0 Å². The standard InChI is InChI=1S/C12H16ClNO2S/c1-8(14)5-17-6-10-3-11(13)2-9-4-15-7-16-12(9)10/h2-3,8H,4-7,14H2,1H3. The van der Waals surface area contributed by atoms with Crippen molar-refractivity contribution < 1.29 is 9.47 Å². The van der Waals surface area contributed by atoms with Gasteiger partial charge in [0.05, 0.1) is 6.61 Å². The highest BCUT2D eigenvalue weighted by molar-refractivity contribution is 7.98. The van der Waals surface area contributed by atoms with Crippen molar-refractivity contribution in [1.29, 1.82) is 0 Å². The minimum Gasteiger partial charge on any atom is -0.467 e. The molecule has 0 radical (unpaired) electrons. The lowest BCUT2D eigenvalue weighted by molar-refractivity contribution is -0.0168. The Kier molecular flexibility index (Phi) is 4.56. The van der Waals surface area contributed by atoms with Gasteiger partial charge in [-0.2, -0.15) is 11.8 Å². The first kappa shape index (κ1) is 13.0. The van der Waals surface area contributed by atoms with E-state index in [9.17, 15) is 0 Å². The van der Waals surface area contributed by atoms with E-state index in [1.165, 1.54) is 0 Å². The van der Waals surface area contributed by atoms with Gasteiger partial charge in [0, 0.05) is 33.7 Å². The summed E-state index contributed by atoms with van der Waals surface area (Å²) in [6.45, 7) is 2.89. The largest absolute Gasteiger partial charge is 0.467 e. The second-order valence-corrected chi connectivity index (χ2v) is 5.62. The molecule has 5 heteroatoms. The van der Waals surface area contributed by atoms with E-state index in [1.54, 1.807) is 11.8 Å². The van der Waals surface area contributed by atoms with Crippen LogP contribution in [0.3, 0.4) is 0 Å². The molecule has 1 unspecified atom stereocenters. The second kappa shape index (κ2) is 5.96. The smallest absolute Gasteiger partial charge is 0.189 e. The van der Waals surface area contributed by atoms with Crippen LogP contribution in [0.2, 0.25) is 5.02 Å². The number of ether oxygens (including phenoxy) is 2. The predicted octanol–water partition coefficient (Wildman–Crippen LogP) is 2.79. The van der Waals surface area contributed by atoms with Gasteiger partial charge in [-0.25, -0.2) is 0 Å². The fourth-order valence-electron chi connectivity index (χ4n) is 1.72. The van der Waals surface area contributed by atoms with Gasteiger partial charge >= 0.3 is 0 Å². The van der Waals surface area contributed by atoms with Crippen LogP contribution in [0.1, 0.15) is 18.1 Å². The van der Waals surface area contributed by atoms with E-state index in [0.717, 1.165) is 33.4 Å². The third-order valence-electron chi connectivity index (χ3n) is 2.39. The molecule has 1 aromatic rings. The van der Waals surface area contributed by atoms with Crippen LogP contribution in [0.15, 0.2) is 12.1 Å². The molecule has 17 heavy (non-hydrogen) atoms. The van der Waals surface area contributed by atoms with Crippen LogP contribution in [-0.2, 0) is 17.1 Å². The quantitative estimate of drug-likeness (QED) is 0.916. The van der Waals surface area contributed by atoms with Crippen LogP contribution < -0.4 is 10.5 Å². The topological polar surface area (TPSA) is 44.5 Å². The minimum absolute atomic E-state index is 0.208. The Morgan fingerprint density at radius 3 is 3.12 bits per heavy atom. The van der Waals surface area contributed by atoms with Crippen LogP contribution in [-0.4, -0.2) is 18.6 Å². The summed E-state index contributed by atoms with van der Waals surface area (Å²) < 4.78 is 10.8. The average Bonchev–Trinajstić information content (AvgIpc) is 2.28. The molecule has 0 amide bonds. The molecule has 0 aromatic heterocycles. The van der Waals surface area contributed by atoms with Gasteiger partial charge in [0.25, 0.3) is 0 Å². The molecule has 3 nitrogen and oxygen atoms in total. The average molecular weight is 274 g/mol. The summed E-state index contributed by atoms with van der Waals surface area (Å²) in [6.07, 6.45) is 0. The van der Waals surface area contributed by atoms with E-state index in [1.807, 2.05) is 19.1 Å². The van der Waals surface area contributed by atoms with Gasteiger partial charge in [-0.05, 0) is 19.1 Å². The summed E-state index contributed by atoms with van der Waals surface area (Å²) in [6, 6.07) is 4.06. The molecule has 0 fully saturated rings. The molecule has 1 aliphatic heterocycles. The summed E-state index contributed by atoms with van der Waals surface area (Å²) in [4.78, 5) is 0. The zero-order chi connectivity index (χ0) is 12.3. The third-order valence-corrected chi connectivity index (χ3v) is 3.88. The van der Waals surface area contributed by atoms with Crippen molar-refractivity contribution in [3.8, 4) is 5.75 Å². The predicted molar refractivity (Wildman–Crippen MR) is 71.5 cm³/mol. The molecular weight excluding hydrogens is 258 g/mol. The third kappa shape index (κ3) is 3.52. The molecule has 0 aliphatic carbocycles. The Bertz CT molecular complexity index is 398. The number of nitrogens with two attached hydrogens (primary N) is 1. The Balaban J connectivity index is 2.12. The van der Waals surface area contributed by atoms with Crippen molar-refractivity contribution in [1.82, 2.24) is 0 Å². The van der Waals surface area contributed by atoms with Crippen molar-refractivity contribution >= 4 is 23.4 Å². The molecular formula is C12H16ClNO2S. The SMILES string of the molecule is CC(N)CSCc1cc(Cl)cc2c1OCOC2. The van der Waals surface area contributed by atoms with Crippen LogP contribution in [0.25, 0.3) is 0 Å². The van der Waals surface area contributed by atoms with E-state index < -0.39 is 0 Å².